The maximum atomic E-state index is 13.4. The van der Waals surface area contributed by atoms with Crippen molar-refractivity contribution in [1.29, 1.82) is 0 Å². The molecule has 0 N–H and O–H groups in total. The van der Waals surface area contributed by atoms with Crippen molar-refractivity contribution < 1.29 is 4.79 Å². The van der Waals surface area contributed by atoms with E-state index in [0.29, 0.717) is 28.8 Å². The topological polar surface area (TPSA) is 75.1 Å². The summed E-state index contributed by atoms with van der Waals surface area (Å²) in [5, 5.41) is 4.79. The van der Waals surface area contributed by atoms with Crippen LogP contribution in [0, 0.1) is 0 Å². The minimum absolute atomic E-state index is 0.0172. The van der Waals surface area contributed by atoms with Gasteiger partial charge in [0.15, 0.2) is 0 Å². The summed E-state index contributed by atoms with van der Waals surface area (Å²) in [4.78, 5) is 27.2. The van der Waals surface area contributed by atoms with Gasteiger partial charge < -0.3 is 9.80 Å². The van der Waals surface area contributed by atoms with Crippen LogP contribution in [0.5, 0.6) is 0 Å². The van der Waals surface area contributed by atoms with E-state index in [1.807, 2.05) is 61.3 Å². The zero-order valence-corrected chi connectivity index (χ0v) is 18.7. The van der Waals surface area contributed by atoms with Gasteiger partial charge >= 0.3 is 0 Å². The largest absolute Gasteiger partial charge is 0.347 e. The lowest BCUT2D eigenvalue weighted by Crippen LogP contribution is -2.31. The van der Waals surface area contributed by atoms with Gasteiger partial charge in [-0.2, -0.15) is 0 Å². The molecule has 1 aliphatic rings. The number of hydrogen-bond acceptors (Lipinski definition) is 7. The number of carbonyl (C=O) groups excluding carboxylic acids is 1. The Morgan fingerprint density at radius 1 is 1.30 bits per heavy atom. The van der Waals surface area contributed by atoms with Crippen LogP contribution < -0.4 is 4.90 Å². The van der Waals surface area contributed by atoms with Crippen LogP contribution in [0.1, 0.15) is 46.9 Å². The molecule has 1 amide bonds. The van der Waals surface area contributed by atoms with E-state index in [-0.39, 0.29) is 11.9 Å². The van der Waals surface area contributed by atoms with Gasteiger partial charge in [-0.1, -0.05) is 35.1 Å². The first-order valence-corrected chi connectivity index (χ1v) is 11.1. The number of amides is 1. The van der Waals surface area contributed by atoms with Crippen LogP contribution in [0.2, 0.25) is 5.02 Å². The number of rotatable bonds is 5. The summed E-state index contributed by atoms with van der Waals surface area (Å²) >= 11 is 7.25. The van der Waals surface area contributed by atoms with Crippen molar-refractivity contribution in [2.75, 3.05) is 25.5 Å². The molecule has 0 saturated carbocycles. The van der Waals surface area contributed by atoms with Crippen molar-refractivity contribution in [1.82, 2.24) is 24.5 Å². The summed E-state index contributed by atoms with van der Waals surface area (Å²) in [5.41, 5.74) is 3.51. The van der Waals surface area contributed by atoms with Crippen LogP contribution in [-0.2, 0) is 6.42 Å². The van der Waals surface area contributed by atoms with Gasteiger partial charge in [0.2, 0.25) is 5.95 Å². The number of halogens is 1. The highest BCUT2D eigenvalue weighted by molar-refractivity contribution is 7.08. The quantitative estimate of drug-likeness (QED) is 0.587. The molecule has 9 heteroatoms. The first-order chi connectivity index (χ1) is 14.5. The Kier molecular flexibility index (Phi) is 5.97. The van der Waals surface area contributed by atoms with Gasteiger partial charge in [-0.05, 0) is 48.5 Å². The number of carbonyl (C=O) groups is 1. The molecule has 7 nitrogen and oxygen atoms in total. The van der Waals surface area contributed by atoms with E-state index in [1.165, 1.54) is 11.5 Å². The first-order valence-electron chi connectivity index (χ1n) is 9.92. The standard InChI is InChI=1S/C21H23ClN6OS/c1-4-16-19(30-26-25-16)20(29)28-11-5-6-17(28)18-15(12-23-21(24-18)27(2)3)13-7-9-14(22)10-8-13/h7-10,12,17H,4-6,11H2,1-3H3/t17-/m0/s1. The monoisotopic (exact) mass is 442 g/mol. The first kappa shape index (κ1) is 20.7. The fourth-order valence-electron chi connectivity index (χ4n) is 3.73. The lowest BCUT2D eigenvalue weighted by Gasteiger charge is -2.26. The molecular weight excluding hydrogens is 420 g/mol. The minimum atomic E-state index is -0.128. The number of anilines is 1. The van der Waals surface area contributed by atoms with Gasteiger partial charge in [-0.25, -0.2) is 9.97 Å². The molecule has 1 aromatic carbocycles. The molecule has 1 fully saturated rings. The highest BCUT2D eigenvalue weighted by Crippen LogP contribution is 2.38. The molecule has 0 unspecified atom stereocenters. The maximum Gasteiger partial charge on any atom is 0.268 e. The van der Waals surface area contributed by atoms with Gasteiger partial charge in [-0.3, -0.25) is 4.79 Å². The van der Waals surface area contributed by atoms with Crippen LogP contribution in [-0.4, -0.2) is 51.0 Å². The lowest BCUT2D eigenvalue weighted by atomic mass is 9.99. The summed E-state index contributed by atoms with van der Waals surface area (Å²) in [6, 6.07) is 7.51. The number of nitrogens with zero attached hydrogens (tertiary/aromatic N) is 6. The summed E-state index contributed by atoms with van der Waals surface area (Å²) < 4.78 is 3.99. The number of aryl methyl sites for hydroxylation is 1. The molecule has 4 rings (SSSR count). The van der Waals surface area contributed by atoms with E-state index in [1.54, 1.807) is 0 Å². The molecule has 0 bridgehead atoms. The van der Waals surface area contributed by atoms with E-state index < -0.39 is 0 Å². The Balaban J connectivity index is 1.78. The molecule has 156 valence electrons. The zero-order chi connectivity index (χ0) is 21.3. The number of hydrogen-bond donors (Lipinski definition) is 0. The average molecular weight is 443 g/mol. The van der Waals surface area contributed by atoms with Crippen molar-refractivity contribution in [3.05, 3.63) is 51.7 Å². The summed E-state index contributed by atoms with van der Waals surface area (Å²) in [6.45, 7) is 2.67. The minimum Gasteiger partial charge on any atom is -0.347 e. The molecule has 0 aliphatic carbocycles. The normalized spacial score (nSPS) is 16.1. The molecule has 0 spiro atoms. The second-order valence-electron chi connectivity index (χ2n) is 7.43. The molecular formula is C21H23ClN6OS. The van der Waals surface area contributed by atoms with Crippen molar-refractivity contribution >= 4 is 35.0 Å². The number of likely N-dealkylation sites (tertiary alicyclic amines) is 1. The second-order valence-corrected chi connectivity index (χ2v) is 8.62. The lowest BCUT2D eigenvalue weighted by molar-refractivity contribution is 0.0737. The number of benzene rings is 1. The van der Waals surface area contributed by atoms with Gasteiger partial charge in [-0.15, -0.1) is 5.10 Å². The van der Waals surface area contributed by atoms with Crippen LogP contribution in [0.15, 0.2) is 30.5 Å². The molecule has 2 aromatic heterocycles. The molecule has 3 heterocycles. The molecule has 1 atom stereocenters. The summed E-state index contributed by atoms with van der Waals surface area (Å²) in [5.74, 6) is 0.604. The van der Waals surface area contributed by atoms with E-state index in [2.05, 4.69) is 14.6 Å². The molecule has 1 saturated heterocycles. The van der Waals surface area contributed by atoms with Crippen molar-refractivity contribution in [3.8, 4) is 11.1 Å². The van der Waals surface area contributed by atoms with Crippen LogP contribution in [0.4, 0.5) is 5.95 Å². The predicted molar refractivity (Wildman–Crippen MR) is 119 cm³/mol. The Labute approximate surface area is 184 Å². The van der Waals surface area contributed by atoms with Crippen molar-refractivity contribution in [2.24, 2.45) is 0 Å². The van der Waals surface area contributed by atoms with Crippen LogP contribution in [0.3, 0.4) is 0 Å². The average Bonchev–Trinajstić information content (AvgIpc) is 3.43. The van der Waals surface area contributed by atoms with E-state index in [4.69, 9.17) is 16.6 Å². The van der Waals surface area contributed by atoms with E-state index >= 15 is 0 Å². The van der Waals surface area contributed by atoms with Gasteiger partial charge in [0.05, 0.1) is 17.4 Å². The third-order valence-corrected chi connectivity index (χ3v) is 6.28. The van der Waals surface area contributed by atoms with Gasteiger partial charge in [0.1, 0.15) is 4.88 Å². The maximum absolute atomic E-state index is 13.4. The smallest absolute Gasteiger partial charge is 0.268 e. The van der Waals surface area contributed by atoms with Crippen LogP contribution in [0.25, 0.3) is 11.1 Å². The molecule has 3 aromatic rings. The van der Waals surface area contributed by atoms with Gasteiger partial charge in [0.25, 0.3) is 5.91 Å². The highest BCUT2D eigenvalue weighted by Gasteiger charge is 2.35. The molecule has 0 radical (unpaired) electrons. The summed E-state index contributed by atoms with van der Waals surface area (Å²) in [7, 11) is 3.82. The Hall–Kier alpha value is -2.58. The zero-order valence-electron chi connectivity index (χ0n) is 17.2. The third kappa shape index (κ3) is 3.89. The van der Waals surface area contributed by atoms with E-state index in [0.717, 1.165) is 35.4 Å². The van der Waals surface area contributed by atoms with E-state index in [9.17, 15) is 4.79 Å². The fraction of sp³-hybridized carbons (Fsp3) is 0.381. The molecule has 1 aliphatic heterocycles. The SMILES string of the molecule is CCc1nnsc1C(=O)N1CCC[C@H]1c1nc(N(C)C)ncc1-c1ccc(Cl)cc1. The Bertz CT molecular complexity index is 1050. The fourth-order valence-corrected chi connectivity index (χ4v) is 4.57. The summed E-state index contributed by atoms with van der Waals surface area (Å²) in [6.07, 6.45) is 4.30. The number of aromatic nitrogens is 4. The third-order valence-electron chi connectivity index (χ3n) is 5.27. The highest BCUT2D eigenvalue weighted by atomic mass is 35.5. The Morgan fingerprint density at radius 3 is 2.77 bits per heavy atom. The predicted octanol–water partition coefficient (Wildman–Crippen LogP) is 4.25. The Morgan fingerprint density at radius 2 is 2.07 bits per heavy atom. The van der Waals surface area contributed by atoms with Crippen molar-refractivity contribution in [3.63, 3.8) is 0 Å². The van der Waals surface area contributed by atoms with Crippen molar-refractivity contribution in [2.45, 2.75) is 32.2 Å². The second kappa shape index (κ2) is 8.65. The molecule has 30 heavy (non-hydrogen) atoms. The van der Waals surface area contributed by atoms with Gasteiger partial charge in [0, 0.05) is 37.4 Å². The van der Waals surface area contributed by atoms with Crippen LogP contribution >= 0.6 is 23.1 Å².